The molecule has 30 heavy (non-hydrogen) atoms. The SMILES string of the molecule is N#Cc1ccc([C@H]2C=C(c3ccccc3)O[C@]3(N4CCOCC4)CCCC[C@H]23)cc1. The molecule has 2 aliphatic heterocycles. The van der Waals surface area contributed by atoms with Crippen molar-refractivity contribution in [3.8, 4) is 6.07 Å². The van der Waals surface area contributed by atoms with Gasteiger partial charge in [0.15, 0.2) is 5.72 Å². The van der Waals surface area contributed by atoms with Gasteiger partial charge in [-0.2, -0.15) is 5.26 Å². The van der Waals surface area contributed by atoms with Gasteiger partial charge in [-0.05, 0) is 36.6 Å². The van der Waals surface area contributed by atoms with Crippen molar-refractivity contribution in [2.45, 2.75) is 37.3 Å². The highest BCUT2D eigenvalue weighted by atomic mass is 16.5. The maximum atomic E-state index is 9.23. The van der Waals surface area contributed by atoms with Gasteiger partial charge in [-0.1, -0.05) is 48.9 Å². The fraction of sp³-hybridized carbons (Fsp3) is 0.423. The Morgan fingerprint density at radius 2 is 1.73 bits per heavy atom. The van der Waals surface area contributed by atoms with E-state index < -0.39 is 0 Å². The van der Waals surface area contributed by atoms with Crippen molar-refractivity contribution < 1.29 is 9.47 Å². The van der Waals surface area contributed by atoms with E-state index in [1.807, 2.05) is 18.2 Å². The number of morpholine rings is 1. The highest BCUT2D eigenvalue weighted by Gasteiger charge is 2.53. The van der Waals surface area contributed by atoms with Gasteiger partial charge >= 0.3 is 0 Å². The summed E-state index contributed by atoms with van der Waals surface area (Å²) in [5.41, 5.74) is 2.82. The minimum atomic E-state index is -0.291. The summed E-state index contributed by atoms with van der Waals surface area (Å²) in [4.78, 5) is 2.55. The van der Waals surface area contributed by atoms with E-state index in [0.29, 0.717) is 11.5 Å². The lowest BCUT2D eigenvalue weighted by atomic mass is 9.68. The van der Waals surface area contributed by atoms with Crippen molar-refractivity contribution in [1.29, 1.82) is 5.26 Å². The average Bonchev–Trinajstić information content (AvgIpc) is 2.84. The van der Waals surface area contributed by atoms with Gasteiger partial charge in [-0.25, -0.2) is 0 Å². The first-order valence-electron chi connectivity index (χ1n) is 11.1. The molecule has 1 saturated carbocycles. The lowest BCUT2D eigenvalue weighted by molar-refractivity contribution is -0.195. The quantitative estimate of drug-likeness (QED) is 0.733. The molecule has 0 spiro atoms. The summed E-state index contributed by atoms with van der Waals surface area (Å²) in [7, 11) is 0. The Morgan fingerprint density at radius 1 is 0.967 bits per heavy atom. The zero-order chi connectivity index (χ0) is 20.4. The second-order valence-electron chi connectivity index (χ2n) is 8.56. The molecule has 2 aromatic carbocycles. The van der Waals surface area contributed by atoms with Crippen LogP contribution in [-0.4, -0.2) is 36.9 Å². The standard InChI is InChI=1S/C26H28N2O2/c27-19-20-9-11-21(12-10-20)23-18-25(22-6-2-1-3-7-22)30-26(13-5-4-8-24(23)26)28-14-16-29-17-15-28/h1-3,6-7,9-12,18,23-24H,4-5,8,13-17H2/t23-,24-,26-/m1/s1. The molecule has 2 aromatic rings. The summed E-state index contributed by atoms with van der Waals surface area (Å²) in [5, 5.41) is 9.23. The van der Waals surface area contributed by atoms with E-state index in [9.17, 15) is 5.26 Å². The number of allylic oxidation sites excluding steroid dienone is 1. The lowest BCUT2D eigenvalue weighted by Gasteiger charge is -2.56. The molecular weight excluding hydrogens is 372 g/mol. The maximum absolute atomic E-state index is 9.23. The number of nitriles is 1. The summed E-state index contributed by atoms with van der Waals surface area (Å²) in [5.74, 6) is 1.64. The van der Waals surface area contributed by atoms with Crippen molar-refractivity contribution in [2.24, 2.45) is 5.92 Å². The van der Waals surface area contributed by atoms with Crippen LogP contribution in [-0.2, 0) is 9.47 Å². The van der Waals surface area contributed by atoms with E-state index in [4.69, 9.17) is 9.47 Å². The minimum Gasteiger partial charge on any atom is -0.472 e. The Kier molecular flexibility index (Phi) is 5.33. The Hall–Kier alpha value is -2.61. The van der Waals surface area contributed by atoms with Crippen molar-refractivity contribution in [1.82, 2.24) is 4.90 Å². The van der Waals surface area contributed by atoms with E-state index in [2.05, 4.69) is 53.4 Å². The molecule has 3 aliphatic rings. The Balaban J connectivity index is 1.61. The van der Waals surface area contributed by atoms with Crippen molar-refractivity contribution in [2.75, 3.05) is 26.3 Å². The van der Waals surface area contributed by atoms with Crippen LogP contribution in [0.2, 0.25) is 0 Å². The molecule has 0 aromatic heterocycles. The van der Waals surface area contributed by atoms with E-state index in [0.717, 1.165) is 50.5 Å². The van der Waals surface area contributed by atoms with Crippen LogP contribution >= 0.6 is 0 Å². The molecule has 0 N–H and O–H groups in total. The number of hydrogen-bond acceptors (Lipinski definition) is 4. The second-order valence-corrected chi connectivity index (χ2v) is 8.56. The monoisotopic (exact) mass is 400 g/mol. The summed E-state index contributed by atoms with van der Waals surface area (Å²) in [6, 6.07) is 20.9. The summed E-state index contributed by atoms with van der Waals surface area (Å²) in [6.07, 6.45) is 6.96. The average molecular weight is 401 g/mol. The fourth-order valence-corrected chi connectivity index (χ4v) is 5.51. The normalized spacial score (nSPS) is 29.2. The van der Waals surface area contributed by atoms with Crippen LogP contribution < -0.4 is 0 Å². The third-order valence-corrected chi connectivity index (χ3v) is 6.96. The van der Waals surface area contributed by atoms with Gasteiger partial charge in [-0.3, -0.25) is 4.90 Å². The van der Waals surface area contributed by atoms with Crippen LogP contribution in [0.15, 0.2) is 60.7 Å². The third kappa shape index (κ3) is 3.43. The summed E-state index contributed by atoms with van der Waals surface area (Å²) < 4.78 is 12.7. The number of nitrogens with zero attached hydrogens (tertiary/aromatic N) is 2. The molecule has 2 heterocycles. The van der Waals surface area contributed by atoms with E-state index in [1.165, 1.54) is 18.4 Å². The van der Waals surface area contributed by atoms with E-state index in [-0.39, 0.29) is 11.6 Å². The molecular formula is C26H28N2O2. The van der Waals surface area contributed by atoms with Gasteiger partial charge in [0.05, 0.1) is 24.8 Å². The number of rotatable bonds is 3. The van der Waals surface area contributed by atoms with E-state index >= 15 is 0 Å². The van der Waals surface area contributed by atoms with Gasteiger partial charge in [0.2, 0.25) is 0 Å². The first-order chi connectivity index (χ1) is 14.8. The highest BCUT2D eigenvalue weighted by molar-refractivity contribution is 5.63. The minimum absolute atomic E-state index is 0.268. The largest absolute Gasteiger partial charge is 0.472 e. The number of fused-ring (bicyclic) bond motifs is 1. The fourth-order valence-electron chi connectivity index (χ4n) is 5.51. The number of benzene rings is 2. The Labute approximate surface area is 178 Å². The van der Waals surface area contributed by atoms with Crippen LogP contribution in [0.25, 0.3) is 5.76 Å². The number of hydrogen-bond donors (Lipinski definition) is 0. The van der Waals surface area contributed by atoms with Crippen molar-refractivity contribution in [3.05, 3.63) is 77.4 Å². The molecule has 2 fully saturated rings. The Morgan fingerprint density at radius 3 is 2.47 bits per heavy atom. The molecule has 0 unspecified atom stereocenters. The van der Waals surface area contributed by atoms with Crippen molar-refractivity contribution in [3.63, 3.8) is 0 Å². The molecule has 5 rings (SSSR count). The first-order valence-corrected chi connectivity index (χ1v) is 11.1. The van der Waals surface area contributed by atoms with Gasteiger partial charge < -0.3 is 9.47 Å². The third-order valence-electron chi connectivity index (χ3n) is 6.96. The zero-order valence-corrected chi connectivity index (χ0v) is 17.3. The van der Waals surface area contributed by atoms with Crippen LogP contribution in [0.5, 0.6) is 0 Å². The molecule has 0 radical (unpaired) electrons. The van der Waals surface area contributed by atoms with Gasteiger partial charge in [0.25, 0.3) is 0 Å². The molecule has 4 heteroatoms. The topological polar surface area (TPSA) is 45.5 Å². The molecule has 0 amide bonds. The molecule has 4 nitrogen and oxygen atoms in total. The Bertz CT molecular complexity index is 941. The van der Waals surface area contributed by atoms with Gasteiger partial charge in [0.1, 0.15) is 5.76 Å². The zero-order valence-electron chi connectivity index (χ0n) is 17.3. The molecule has 0 bridgehead atoms. The molecule has 1 aliphatic carbocycles. The first kappa shape index (κ1) is 19.4. The number of ether oxygens (including phenoxy) is 2. The molecule has 1 saturated heterocycles. The van der Waals surface area contributed by atoms with Gasteiger partial charge in [0, 0.05) is 36.9 Å². The van der Waals surface area contributed by atoms with Crippen LogP contribution in [0.3, 0.4) is 0 Å². The molecule has 3 atom stereocenters. The summed E-state index contributed by atoms with van der Waals surface area (Å²) in [6.45, 7) is 3.37. The van der Waals surface area contributed by atoms with Crippen LogP contribution in [0, 0.1) is 17.2 Å². The van der Waals surface area contributed by atoms with Crippen LogP contribution in [0.1, 0.15) is 48.3 Å². The predicted octanol–water partition coefficient (Wildman–Crippen LogP) is 4.93. The smallest absolute Gasteiger partial charge is 0.167 e. The predicted molar refractivity (Wildman–Crippen MR) is 116 cm³/mol. The second kappa shape index (κ2) is 8.26. The maximum Gasteiger partial charge on any atom is 0.167 e. The van der Waals surface area contributed by atoms with E-state index in [1.54, 1.807) is 0 Å². The summed E-state index contributed by atoms with van der Waals surface area (Å²) >= 11 is 0. The van der Waals surface area contributed by atoms with Gasteiger partial charge in [-0.15, -0.1) is 0 Å². The van der Waals surface area contributed by atoms with Crippen LogP contribution in [0.4, 0.5) is 0 Å². The highest BCUT2D eigenvalue weighted by Crippen LogP contribution is 2.53. The lowest BCUT2D eigenvalue weighted by Crippen LogP contribution is -2.62. The van der Waals surface area contributed by atoms with Crippen molar-refractivity contribution >= 4 is 5.76 Å². The molecule has 154 valence electrons.